The fourth-order valence-corrected chi connectivity index (χ4v) is 3.78. The molecule has 0 fully saturated rings. The molecule has 4 rings (SSSR count). The fraction of sp³-hybridized carbons (Fsp3) is 0.308. The van der Waals surface area contributed by atoms with Crippen LogP contribution >= 0.6 is 0 Å². The number of carbonyl (C=O) groups is 2. The van der Waals surface area contributed by atoms with E-state index in [1.165, 1.54) is 6.07 Å². The summed E-state index contributed by atoms with van der Waals surface area (Å²) in [5.74, 6) is -0.341. The summed E-state index contributed by atoms with van der Waals surface area (Å²) >= 11 is 0. The second-order valence-electron chi connectivity index (χ2n) is 8.09. The highest BCUT2D eigenvalue weighted by Gasteiger charge is 2.30. The van der Waals surface area contributed by atoms with E-state index >= 15 is 0 Å². The van der Waals surface area contributed by atoms with Gasteiger partial charge in [-0.2, -0.15) is 0 Å². The Morgan fingerprint density at radius 3 is 2.48 bits per heavy atom. The first-order valence-electron chi connectivity index (χ1n) is 11.1. The number of halogens is 1. The molecule has 6 nitrogen and oxygen atoms in total. The molecule has 0 saturated heterocycles. The number of carbonyl (C=O) groups excluding carboxylic acids is 2. The van der Waals surface area contributed by atoms with Gasteiger partial charge in [-0.3, -0.25) is 4.79 Å². The molecule has 2 aliphatic rings. The number of nitrogens with two attached hydrogens (primary N) is 1. The standard InChI is InChI=1S/C14H16N2O2.C12H15FN2/c1-9-11(8-17)6-13(9)14(18)16-12-4-2-10(7-15)3-5-12;1-14-10-2-3-11(12(13)8-10)9-4-6-15-7-5-9/h2-5,8,11H,6-7,15H2,1H3,(H,16,18);2-4,8,14-15H,5-7H2,1H3. The van der Waals surface area contributed by atoms with Crippen LogP contribution in [0.5, 0.6) is 0 Å². The number of allylic oxidation sites excluding steroid dienone is 1. The maximum atomic E-state index is 13.7. The molecule has 1 atom stereocenters. The van der Waals surface area contributed by atoms with Gasteiger partial charge in [-0.25, -0.2) is 4.39 Å². The van der Waals surface area contributed by atoms with Crippen LogP contribution in [0.15, 0.2) is 59.7 Å². The van der Waals surface area contributed by atoms with Crippen LogP contribution in [0, 0.1) is 11.7 Å². The topological polar surface area (TPSA) is 96.2 Å². The van der Waals surface area contributed by atoms with Gasteiger partial charge in [0, 0.05) is 48.6 Å². The summed E-state index contributed by atoms with van der Waals surface area (Å²) in [5, 5.41) is 8.96. The minimum absolute atomic E-state index is 0.0784. The van der Waals surface area contributed by atoms with E-state index in [1.807, 2.05) is 43.3 Å². The molecule has 1 aliphatic carbocycles. The van der Waals surface area contributed by atoms with Crippen LogP contribution in [0.4, 0.5) is 15.8 Å². The molecule has 0 spiro atoms. The minimum Gasteiger partial charge on any atom is -0.388 e. The Bertz CT molecular complexity index is 1060. The first-order valence-corrected chi connectivity index (χ1v) is 11.1. The van der Waals surface area contributed by atoms with E-state index in [0.29, 0.717) is 13.0 Å². The Morgan fingerprint density at radius 1 is 1.21 bits per heavy atom. The Morgan fingerprint density at radius 2 is 1.94 bits per heavy atom. The Balaban J connectivity index is 0.000000189. The third kappa shape index (κ3) is 6.15. The lowest BCUT2D eigenvalue weighted by molar-refractivity contribution is -0.114. The van der Waals surface area contributed by atoms with Gasteiger partial charge >= 0.3 is 0 Å². The molecule has 0 radical (unpaired) electrons. The van der Waals surface area contributed by atoms with Crippen LogP contribution in [0.2, 0.25) is 0 Å². The molecule has 174 valence electrons. The van der Waals surface area contributed by atoms with Gasteiger partial charge in [-0.05, 0) is 67.8 Å². The van der Waals surface area contributed by atoms with Crippen molar-refractivity contribution in [2.75, 3.05) is 30.8 Å². The SMILES string of the molecule is CC1=C(C(=O)Nc2ccc(CN)cc2)CC1C=O.CNc1ccc(C2=CCNCC2)c(F)c1. The fourth-order valence-electron chi connectivity index (χ4n) is 3.78. The van der Waals surface area contributed by atoms with Crippen LogP contribution in [0.3, 0.4) is 0 Å². The van der Waals surface area contributed by atoms with Crippen molar-refractivity contribution in [1.82, 2.24) is 5.32 Å². The van der Waals surface area contributed by atoms with Gasteiger partial charge in [-0.15, -0.1) is 0 Å². The highest BCUT2D eigenvalue weighted by molar-refractivity contribution is 6.06. The smallest absolute Gasteiger partial charge is 0.251 e. The predicted octanol–water partition coefficient (Wildman–Crippen LogP) is 3.86. The molecule has 2 aromatic rings. The first kappa shape index (κ1) is 24.4. The molecule has 1 heterocycles. The lowest BCUT2D eigenvalue weighted by atomic mass is 9.79. The lowest BCUT2D eigenvalue weighted by Crippen LogP contribution is -2.27. The molecule has 5 N–H and O–H groups in total. The summed E-state index contributed by atoms with van der Waals surface area (Å²) in [6, 6.07) is 12.7. The van der Waals surface area contributed by atoms with Gasteiger partial charge in [-0.1, -0.05) is 23.8 Å². The third-order valence-corrected chi connectivity index (χ3v) is 6.01. The maximum absolute atomic E-state index is 13.7. The van der Waals surface area contributed by atoms with E-state index in [9.17, 15) is 14.0 Å². The summed E-state index contributed by atoms with van der Waals surface area (Å²) in [4.78, 5) is 22.5. The normalized spacial score (nSPS) is 17.2. The molecule has 2 aromatic carbocycles. The Labute approximate surface area is 194 Å². The molecule has 1 unspecified atom stereocenters. The van der Waals surface area contributed by atoms with Gasteiger partial charge in [0.1, 0.15) is 12.1 Å². The molecular formula is C26H31FN4O2. The summed E-state index contributed by atoms with van der Waals surface area (Å²) in [6.07, 6.45) is 4.39. The van der Waals surface area contributed by atoms with E-state index in [-0.39, 0.29) is 17.6 Å². The zero-order valence-electron chi connectivity index (χ0n) is 19.1. The van der Waals surface area contributed by atoms with Crippen molar-refractivity contribution in [2.45, 2.75) is 26.3 Å². The van der Waals surface area contributed by atoms with Crippen LogP contribution < -0.4 is 21.7 Å². The monoisotopic (exact) mass is 450 g/mol. The van der Waals surface area contributed by atoms with Crippen molar-refractivity contribution in [1.29, 1.82) is 0 Å². The summed E-state index contributed by atoms with van der Waals surface area (Å²) < 4.78 is 13.7. The van der Waals surface area contributed by atoms with Gasteiger partial charge < -0.3 is 26.5 Å². The van der Waals surface area contributed by atoms with Crippen molar-refractivity contribution in [3.05, 3.63) is 76.6 Å². The number of hydrogen-bond acceptors (Lipinski definition) is 5. The zero-order valence-corrected chi connectivity index (χ0v) is 19.1. The Kier molecular flexibility index (Phi) is 8.52. The molecular weight excluding hydrogens is 419 g/mol. The van der Waals surface area contributed by atoms with Crippen molar-refractivity contribution >= 4 is 29.1 Å². The molecule has 1 amide bonds. The minimum atomic E-state index is -0.144. The van der Waals surface area contributed by atoms with Crippen LogP contribution in [0.25, 0.3) is 5.57 Å². The summed E-state index contributed by atoms with van der Waals surface area (Å²) in [7, 11) is 1.79. The number of anilines is 2. The molecule has 7 heteroatoms. The van der Waals surface area contributed by atoms with Crippen LogP contribution in [-0.2, 0) is 16.1 Å². The highest BCUT2D eigenvalue weighted by atomic mass is 19.1. The van der Waals surface area contributed by atoms with E-state index in [2.05, 4.69) is 22.0 Å². The van der Waals surface area contributed by atoms with Gasteiger partial charge in [0.05, 0.1) is 0 Å². The highest BCUT2D eigenvalue weighted by Crippen LogP contribution is 2.33. The quantitative estimate of drug-likeness (QED) is 0.501. The third-order valence-electron chi connectivity index (χ3n) is 6.01. The second kappa shape index (κ2) is 11.5. The number of hydrogen-bond donors (Lipinski definition) is 4. The first-order chi connectivity index (χ1) is 16.0. The predicted molar refractivity (Wildman–Crippen MR) is 131 cm³/mol. The number of nitrogens with one attached hydrogen (secondary N) is 3. The van der Waals surface area contributed by atoms with Crippen molar-refractivity contribution in [3.8, 4) is 0 Å². The summed E-state index contributed by atoms with van der Waals surface area (Å²) in [6.45, 7) is 4.08. The molecule has 0 saturated carbocycles. The molecule has 0 aromatic heterocycles. The van der Waals surface area contributed by atoms with Gasteiger partial charge in [0.15, 0.2) is 0 Å². The second-order valence-corrected chi connectivity index (χ2v) is 8.09. The zero-order chi connectivity index (χ0) is 23.8. The van der Waals surface area contributed by atoms with Gasteiger partial charge in [0.25, 0.3) is 5.91 Å². The van der Waals surface area contributed by atoms with Crippen molar-refractivity contribution < 1.29 is 14.0 Å². The van der Waals surface area contributed by atoms with Crippen molar-refractivity contribution in [2.24, 2.45) is 11.7 Å². The number of benzene rings is 2. The average Bonchev–Trinajstić information content (AvgIpc) is 2.84. The maximum Gasteiger partial charge on any atom is 0.251 e. The van der Waals surface area contributed by atoms with E-state index in [1.54, 1.807) is 7.05 Å². The van der Waals surface area contributed by atoms with E-state index in [4.69, 9.17) is 5.73 Å². The molecule has 33 heavy (non-hydrogen) atoms. The van der Waals surface area contributed by atoms with Crippen LogP contribution in [-0.4, -0.2) is 32.3 Å². The van der Waals surface area contributed by atoms with E-state index < -0.39 is 0 Å². The van der Waals surface area contributed by atoms with Crippen LogP contribution in [0.1, 0.15) is 30.9 Å². The molecule has 1 aliphatic heterocycles. The molecule has 0 bridgehead atoms. The summed E-state index contributed by atoms with van der Waals surface area (Å²) in [5.41, 5.74) is 11.5. The largest absolute Gasteiger partial charge is 0.388 e. The number of rotatable bonds is 6. The van der Waals surface area contributed by atoms with E-state index in [0.717, 1.165) is 65.0 Å². The van der Waals surface area contributed by atoms with Crippen molar-refractivity contribution in [3.63, 3.8) is 0 Å². The average molecular weight is 451 g/mol. The number of aldehydes is 1. The van der Waals surface area contributed by atoms with Gasteiger partial charge in [0.2, 0.25) is 0 Å². The lowest BCUT2D eigenvalue weighted by Gasteiger charge is -2.26. The number of amides is 1. The Hall–Kier alpha value is -3.29.